The SMILES string of the molecule is COCOc1cc(OC)cc(C2CC2C[C@H]2OC(C)(C)O[C@@H]2C(O)C#CC[C@@H](C)O[Si](c2ccccc2)(c2ccccc2)C(C)(C)C)c1C(=O)OCC[Si](C)(C)C. The van der Waals surface area contributed by atoms with Crippen LogP contribution in [0.3, 0.4) is 0 Å². The first-order valence-corrected chi connectivity index (χ1v) is 25.8. The highest BCUT2D eigenvalue weighted by atomic mass is 28.4. The zero-order valence-corrected chi connectivity index (χ0v) is 37.8. The van der Waals surface area contributed by atoms with E-state index in [1.54, 1.807) is 13.2 Å². The van der Waals surface area contributed by atoms with Crippen molar-refractivity contribution in [3.63, 3.8) is 0 Å². The molecule has 3 unspecified atom stereocenters. The fourth-order valence-corrected chi connectivity index (χ4v) is 13.3. The summed E-state index contributed by atoms with van der Waals surface area (Å²) in [7, 11) is -1.05. The molecule has 11 heteroatoms. The molecule has 1 heterocycles. The number of methoxy groups -OCH3 is 2. The van der Waals surface area contributed by atoms with Crippen molar-refractivity contribution in [1.82, 2.24) is 0 Å². The van der Waals surface area contributed by atoms with E-state index in [4.69, 9.17) is 32.8 Å². The number of benzene rings is 3. The Hall–Kier alpha value is -3.48. The summed E-state index contributed by atoms with van der Waals surface area (Å²) in [6.45, 7) is 19.6. The van der Waals surface area contributed by atoms with Crippen molar-refractivity contribution >= 4 is 32.7 Å². The minimum absolute atomic E-state index is 0.0246. The summed E-state index contributed by atoms with van der Waals surface area (Å²) in [6.07, 6.45) is -0.470. The van der Waals surface area contributed by atoms with E-state index in [0.717, 1.165) is 18.0 Å². The van der Waals surface area contributed by atoms with Gasteiger partial charge >= 0.3 is 5.97 Å². The van der Waals surface area contributed by atoms with E-state index in [9.17, 15) is 9.90 Å². The molecular formula is C46H64O9Si2. The van der Waals surface area contributed by atoms with E-state index in [0.29, 0.717) is 36.5 Å². The fraction of sp³-hybridized carbons (Fsp3) is 0.543. The molecule has 0 amide bonds. The van der Waals surface area contributed by atoms with Gasteiger partial charge in [-0.15, -0.1) is 0 Å². The van der Waals surface area contributed by atoms with Crippen LogP contribution in [0.5, 0.6) is 11.5 Å². The van der Waals surface area contributed by atoms with Gasteiger partial charge in [-0.1, -0.05) is 113 Å². The van der Waals surface area contributed by atoms with Crippen LogP contribution in [0.1, 0.15) is 82.6 Å². The van der Waals surface area contributed by atoms with Crippen LogP contribution in [-0.2, 0) is 23.4 Å². The van der Waals surface area contributed by atoms with E-state index >= 15 is 0 Å². The van der Waals surface area contributed by atoms with E-state index < -0.39 is 46.5 Å². The zero-order chi connectivity index (χ0) is 41.6. The summed E-state index contributed by atoms with van der Waals surface area (Å²) in [4.78, 5) is 13.7. The molecule has 3 aromatic rings. The minimum atomic E-state index is -2.76. The van der Waals surface area contributed by atoms with Gasteiger partial charge in [-0.3, -0.25) is 0 Å². The number of esters is 1. The van der Waals surface area contributed by atoms with E-state index in [2.05, 4.69) is 108 Å². The summed E-state index contributed by atoms with van der Waals surface area (Å²) in [5.41, 5.74) is 1.21. The van der Waals surface area contributed by atoms with Gasteiger partial charge in [0.2, 0.25) is 0 Å². The third-order valence-electron chi connectivity index (χ3n) is 10.8. The van der Waals surface area contributed by atoms with Gasteiger partial charge in [0, 0.05) is 27.7 Å². The average molecular weight is 817 g/mol. The molecule has 2 fully saturated rings. The van der Waals surface area contributed by atoms with Crippen molar-refractivity contribution in [1.29, 1.82) is 0 Å². The molecule has 6 atom stereocenters. The standard InChI is InChI=1S/C46H64O9Si2/c1-32(55-57(45(2,3)4,35-20-14-12-15-21-35)36-22-16-13-17-23-36)19-18-24-39(47)43-41(53-46(5,6)54-43)28-33-27-37(33)38-29-34(50-8)30-40(52-31-49-7)42(38)44(48)51-25-26-56(9,10)11/h12-17,20-23,29-30,32-33,37,39,41,43,47H,19,25-28,31H2,1-11H3/t32-,33?,37?,39?,41-,43-/m1/s1. The van der Waals surface area contributed by atoms with Gasteiger partial charge in [-0.25, -0.2) is 4.79 Å². The monoisotopic (exact) mass is 816 g/mol. The molecule has 1 saturated carbocycles. The summed E-state index contributed by atoms with van der Waals surface area (Å²) in [5, 5.41) is 13.8. The molecule has 5 rings (SSSR count). The lowest BCUT2D eigenvalue weighted by molar-refractivity contribution is -0.152. The van der Waals surface area contributed by atoms with Gasteiger partial charge in [0.1, 0.15) is 29.3 Å². The molecule has 1 aliphatic heterocycles. The maximum Gasteiger partial charge on any atom is 0.342 e. The highest BCUT2D eigenvalue weighted by Gasteiger charge is 2.52. The second-order valence-corrected chi connectivity index (χ2v) is 28.0. The van der Waals surface area contributed by atoms with Gasteiger partial charge < -0.3 is 38.0 Å². The van der Waals surface area contributed by atoms with Crippen molar-refractivity contribution in [2.45, 2.75) is 128 Å². The Labute approximate surface area is 342 Å². The summed E-state index contributed by atoms with van der Waals surface area (Å²) >= 11 is 0. The number of rotatable bonds is 17. The molecule has 3 aromatic carbocycles. The maximum atomic E-state index is 13.7. The van der Waals surface area contributed by atoms with Crippen LogP contribution in [0, 0.1) is 17.8 Å². The third kappa shape index (κ3) is 11.2. The second kappa shape index (κ2) is 18.6. The number of hydrogen-bond acceptors (Lipinski definition) is 9. The van der Waals surface area contributed by atoms with Crippen molar-refractivity contribution in [3.05, 3.63) is 83.9 Å². The van der Waals surface area contributed by atoms with Crippen LogP contribution in [0.15, 0.2) is 72.8 Å². The van der Waals surface area contributed by atoms with Crippen LogP contribution in [0.25, 0.3) is 0 Å². The molecule has 57 heavy (non-hydrogen) atoms. The predicted molar refractivity (Wildman–Crippen MR) is 230 cm³/mol. The van der Waals surface area contributed by atoms with Crippen molar-refractivity contribution in [2.24, 2.45) is 5.92 Å². The molecule has 0 aromatic heterocycles. The van der Waals surface area contributed by atoms with Gasteiger partial charge in [0.05, 0.1) is 25.9 Å². The van der Waals surface area contributed by atoms with Crippen LogP contribution < -0.4 is 19.8 Å². The van der Waals surface area contributed by atoms with Crippen molar-refractivity contribution in [3.8, 4) is 23.3 Å². The predicted octanol–water partition coefficient (Wildman–Crippen LogP) is 7.91. The molecule has 310 valence electrons. The van der Waals surface area contributed by atoms with Gasteiger partial charge in [-0.2, -0.15) is 0 Å². The number of carbonyl (C=O) groups excluding carboxylic acids is 1. The lowest BCUT2D eigenvalue weighted by Gasteiger charge is -2.44. The molecule has 0 spiro atoms. The average Bonchev–Trinajstić information content (AvgIpc) is 3.85. The number of hydrogen-bond donors (Lipinski definition) is 1. The molecule has 1 aliphatic carbocycles. The number of ether oxygens (including phenoxy) is 6. The summed E-state index contributed by atoms with van der Waals surface area (Å²) < 4.78 is 42.5. The topological polar surface area (TPSA) is 102 Å². The second-order valence-electron chi connectivity index (χ2n) is 18.1. The highest BCUT2D eigenvalue weighted by Crippen LogP contribution is 2.54. The van der Waals surface area contributed by atoms with Crippen LogP contribution in [-0.4, -0.2) is 85.3 Å². The Bertz CT molecular complexity index is 1800. The first-order chi connectivity index (χ1) is 26.9. The Kier molecular flexibility index (Phi) is 14.6. The molecule has 9 nitrogen and oxygen atoms in total. The molecule has 0 radical (unpaired) electrons. The van der Waals surface area contributed by atoms with E-state index in [1.165, 1.54) is 17.5 Å². The third-order valence-corrected chi connectivity index (χ3v) is 17.7. The lowest BCUT2D eigenvalue weighted by Crippen LogP contribution is -2.67. The Morgan fingerprint density at radius 1 is 0.982 bits per heavy atom. The Morgan fingerprint density at radius 2 is 1.61 bits per heavy atom. The van der Waals surface area contributed by atoms with Gasteiger partial charge in [0.25, 0.3) is 8.32 Å². The Morgan fingerprint density at radius 3 is 2.18 bits per heavy atom. The van der Waals surface area contributed by atoms with E-state index in [1.807, 2.05) is 32.0 Å². The van der Waals surface area contributed by atoms with Crippen molar-refractivity contribution in [2.75, 3.05) is 27.6 Å². The molecule has 1 saturated heterocycles. The zero-order valence-electron chi connectivity index (χ0n) is 35.8. The summed E-state index contributed by atoms with van der Waals surface area (Å²) in [5.74, 6) is 6.16. The Balaban J connectivity index is 1.32. The first kappa shape index (κ1) is 44.6. The molecule has 0 bridgehead atoms. The summed E-state index contributed by atoms with van der Waals surface area (Å²) in [6, 6.07) is 25.6. The smallest absolute Gasteiger partial charge is 0.342 e. The molecule has 1 N–H and O–H groups in total. The quantitative estimate of drug-likeness (QED) is 0.0631. The van der Waals surface area contributed by atoms with E-state index in [-0.39, 0.29) is 29.8 Å². The van der Waals surface area contributed by atoms with Gasteiger partial charge in [-0.05, 0) is 78.5 Å². The number of aliphatic hydroxyl groups is 1. The van der Waals surface area contributed by atoms with Crippen LogP contribution >= 0.6 is 0 Å². The largest absolute Gasteiger partial charge is 0.497 e. The van der Waals surface area contributed by atoms with Gasteiger partial charge in [0.15, 0.2) is 12.6 Å². The molecular weight excluding hydrogens is 753 g/mol. The number of carbonyl (C=O) groups is 1. The first-order valence-electron chi connectivity index (χ1n) is 20.2. The van der Waals surface area contributed by atoms with Crippen molar-refractivity contribution < 1.29 is 42.7 Å². The maximum absolute atomic E-state index is 13.7. The van der Waals surface area contributed by atoms with Crippen LogP contribution in [0.2, 0.25) is 30.7 Å². The normalized spacial score (nSPS) is 21.5. The molecule has 2 aliphatic rings. The highest BCUT2D eigenvalue weighted by molar-refractivity contribution is 6.99. The van der Waals surface area contributed by atoms with Crippen LogP contribution in [0.4, 0.5) is 0 Å². The number of aliphatic hydroxyl groups excluding tert-OH is 1. The lowest BCUT2D eigenvalue weighted by atomic mass is 9.97. The fourth-order valence-electron chi connectivity index (χ4n) is 7.92. The minimum Gasteiger partial charge on any atom is -0.497 e.